The van der Waals surface area contributed by atoms with E-state index in [1.165, 1.54) is 0 Å². The Morgan fingerprint density at radius 2 is 2.31 bits per heavy atom. The fraction of sp³-hybridized carbons (Fsp3) is 0.889. The number of aliphatic hydroxyl groups is 1. The first-order valence-electron chi connectivity index (χ1n) is 4.83. The molecule has 1 unspecified atom stereocenters. The Morgan fingerprint density at radius 1 is 1.62 bits per heavy atom. The van der Waals surface area contributed by atoms with E-state index < -0.39 is 5.60 Å². The van der Waals surface area contributed by atoms with Crippen LogP contribution < -0.4 is 5.73 Å². The smallest absolute Gasteiger partial charge is 0.231 e. The van der Waals surface area contributed by atoms with Gasteiger partial charge in [0.2, 0.25) is 5.91 Å². The standard InChI is InChI=1S/C9H16N2O2/c10-8(12)5-11-4-3-9(13,6-11)7-1-2-7/h7,13H,1-6H2,(H2,10,12). The van der Waals surface area contributed by atoms with Crippen LogP contribution in [0.4, 0.5) is 0 Å². The summed E-state index contributed by atoms with van der Waals surface area (Å²) in [6, 6.07) is 0. The first-order valence-corrected chi connectivity index (χ1v) is 4.83. The lowest BCUT2D eigenvalue weighted by atomic mass is 9.97. The van der Waals surface area contributed by atoms with Crippen LogP contribution in [0.25, 0.3) is 0 Å². The highest BCUT2D eigenvalue weighted by Gasteiger charge is 2.47. The monoisotopic (exact) mass is 184 g/mol. The van der Waals surface area contributed by atoms with Gasteiger partial charge in [0, 0.05) is 13.1 Å². The third-order valence-electron chi connectivity index (χ3n) is 3.08. The first-order chi connectivity index (χ1) is 6.10. The number of carbonyl (C=O) groups is 1. The van der Waals surface area contributed by atoms with Gasteiger partial charge in [-0.3, -0.25) is 9.69 Å². The molecule has 0 bridgehead atoms. The van der Waals surface area contributed by atoms with Crippen molar-refractivity contribution in [3.05, 3.63) is 0 Å². The van der Waals surface area contributed by atoms with E-state index in [1.807, 2.05) is 4.90 Å². The first kappa shape index (κ1) is 8.97. The lowest BCUT2D eigenvalue weighted by Gasteiger charge is -2.22. The quantitative estimate of drug-likeness (QED) is 0.610. The summed E-state index contributed by atoms with van der Waals surface area (Å²) in [6.07, 6.45) is 3.08. The molecule has 4 heteroatoms. The van der Waals surface area contributed by atoms with Gasteiger partial charge in [0.05, 0.1) is 12.1 Å². The fourth-order valence-electron chi connectivity index (χ4n) is 2.21. The fourth-order valence-corrected chi connectivity index (χ4v) is 2.21. The third kappa shape index (κ3) is 1.84. The van der Waals surface area contributed by atoms with E-state index in [1.54, 1.807) is 0 Å². The van der Waals surface area contributed by atoms with Gasteiger partial charge in [-0.15, -0.1) is 0 Å². The van der Waals surface area contributed by atoms with Gasteiger partial charge in [-0.05, 0) is 25.2 Å². The topological polar surface area (TPSA) is 66.6 Å². The molecule has 2 fully saturated rings. The molecule has 0 aromatic heterocycles. The summed E-state index contributed by atoms with van der Waals surface area (Å²) in [5.74, 6) is 0.172. The summed E-state index contributed by atoms with van der Waals surface area (Å²) >= 11 is 0. The Morgan fingerprint density at radius 3 is 2.85 bits per heavy atom. The zero-order valence-corrected chi connectivity index (χ0v) is 7.70. The lowest BCUT2D eigenvalue weighted by molar-refractivity contribution is -0.119. The molecule has 1 saturated carbocycles. The number of nitrogens with two attached hydrogens (primary N) is 1. The molecular weight excluding hydrogens is 168 g/mol. The van der Waals surface area contributed by atoms with Crippen LogP contribution in [0.3, 0.4) is 0 Å². The molecular formula is C9H16N2O2. The van der Waals surface area contributed by atoms with E-state index in [4.69, 9.17) is 5.73 Å². The highest BCUT2D eigenvalue weighted by Crippen LogP contribution is 2.44. The van der Waals surface area contributed by atoms with Gasteiger partial charge >= 0.3 is 0 Å². The molecule has 2 rings (SSSR count). The molecule has 1 aliphatic heterocycles. The SMILES string of the molecule is NC(=O)CN1CCC(O)(C2CC2)C1. The molecule has 13 heavy (non-hydrogen) atoms. The number of hydrogen-bond donors (Lipinski definition) is 2. The van der Waals surface area contributed by atoms with Gasteiger partial charge in [-0.25, -0.2) is 0 Å². The van der Waals surface area contributed by atoms with Gasteiger partial charge < -0.3 is 10.8 Å². The van der Waals surface area contributed by atoms with Crippen LogP contribution in [0, 0.1) is 5.92 Å². The molecule has 1 aliphatic carbocycles. The van der Waals surface area contributed by atoms with Gasteiger partial charge in [-0.2, -0.15) is 0 Å². The van der Waals surface area contributed by atoms with Crippen molar-refractivity contribution in [2.75, 3.05) is 19.6 Å². The van der Waals surface area contributed by atoms with Gasteiger partial charge in [0.15, 0.2) is 0 Å². The van der Waals surface area contributed by atoms with Crippen molar-refractivity contribution in [1.29, 1.82) is 0 Å². The molecule has 1 amide bonds. The summed E-state index contributed by atoms with van der Waals surface area (Å²) < 4.78 is 0. The van der Waals surface area contributed by atoms with Gasteiger partial charge in [0.25, 0.3) is 0 Å². The highest BCUT2D eigenvalue weighted by molar-refractivity contribution is 5.75. The largest absolute Gasteiger partial charge is 0.388 e. The van der Waals surface area contributed by atoms with Gasteiger partial charge in [0.1, 0.15) is 0 Å². The van der Waals surface area contributed by atoms with E-state index in [9.17, 15) is 9.90 Å². The van der Waals surface area contributed by atoms with E-state index in [0.29, 0.717) is 12.5 Å². The van der Waals surface area contributed by atoms with Crippen molar-refractivity contribution in [1.82, 2.24) is 4.90 Å². The summed E-state index contributed by atoms with van der Waals surface area (Å²) in [7, 11) is 0. The van der Waals surface area contributed by atoms with Crippen molar-refractivity contribution in [3.63, 3.8) is 0 Å². The second-order valence-electron chi connectivity index (χ2n) is 4.30. The molecule has 1 saturated heterocycles. The number of amides is 1. The van der Waals surface area contributed by atoms with Crippen molar-refractivity contribution in [2.24, 2.45) is 11.7 Å². The molecule has 74 valence electrons. The number of carbonyl (C=O) groups excluding carboxylic acids is 1. The Hall–Kier alpha value is -0.610. The average molecular weight is 184 g/mol. The van der Waals surface area contributed by atoms with E-state index in [-0.39, 0.29) is 12.5 Å². The molecule has 2 aliphatic rings. The highest BCUT2D eigenvalue weighted by atomic mass is 16.3. The second-order valence-corrected chi connectivity index (χ2v) is 4.30. The van der Waals surface area contributed by atoms with Crippen molar-refractivity contribution < 1.29 is 9.90 Å². The van der Waals surface area contributed by atoms with Crippen molar-refractivity contribution in [2.45, 2.75) is 24.9 Å². The molecule has 4 nitrogen and oxygen atoms in total. The zero-order valence-electron chi connectivity index (χ0n) is 7.70. The number of primary amides is 1. The second kappa shape index (κ2) is 2.96. The zero-order chi connectivity index (χ0) is 9.47. The molecule has 1 atom stereocenters. The average Bonchev–Trinajstić information content (AvgIpc) is 2.78. The summed E-state index contributed by atoms with van der Waals surface area (Å²) in [4.78, 5) is 12.6. The minimum Gasteiger partial charge on any atom is -0.388 e. The Kier molecular flexibility index (Phi) is 2.04. The van der Waals surface area contributed by atoms with Crippen molar-refractivity contribution in [3.8, 4) is 0 Å². The number of hydrogen-bond acceptors (Lipinski definition) is 3. The molecule has 0 spiro atoms. The van der Waals surface area contributed by atoms with E-state index in [0.717, 1.165) is 25.8 Å². The van der Waals surface area contributed by atoms with Crippen LogP contribution in [-0.2, 0) is 4.79 Å². The molecule has 0 radical (unpaired) electrons. The predicted octanol–water partition coefficient (Wildman–Crippen LogP) is -0.681. The number of likely N-dealkylation sites (tertiary alicyclic amines) is 1. The maximum atomic E-state index is 10.7. The maximum Gasteiger partial charge on any atom is 0.231 e. The van der Waals surface area contributed by atoms with Crippen LogP contribution in [0.2, 0.25) is 0 Å². The number of nitrogens with zero attached hydrogens (tertiary/aromatic N) is 1. The summed E-state index contributed by atoms with van der Waals surface area (Å²) in [6.45, 7) is 1.71. The minimum atomic E-state index is -0.518. The van der Waals surface area contributed by atoms with Crippen LogP contribution >= 0.6 is 0 Å². The Bertz CT molecular complexity index is 228. The predicted molar refractivity (Wildman–Crippen MR) is 47.9 cm³/mol. The van der Waals surface area contributed by atoms with Crippen LogP contribution in [-0.4, -0.2) is 41.1 Å². The Balaban J connectivity index is 1.89. The molecule has 0 aromatic carbocycles. The van der Waals surface area contributed by atoms with E-state index >= 15 is 0 Å². The van der Waals surface area contributed by atoms with Crippen LogP contribution in [0.15, 0.2) is 0 Å². The van der Waals surface area contributed by atoms with Crippen LogP contribution in [0.1, 0.15) is 19.3 Å². The van der Waals surface area contributed by atoms with Gasteiger partial charge in [-0.1, -0.05) is 0 Å². The van der Waals surface area contributed by atoms with Crippen molar-refractivity contribution >= 4 is 5.91 Å². The summed E-state index contributed by atoms with van der Waals surface area (Å²) in [5, 5.41) is 10.1. The maximum absolute atomic E-state index is 10.7. The Labute approximate surface area is 77.7 Å². The summed E-state index contributed by atoms with van der Waals surface area (Å²) in [5.41, 5.74) is 4.57. The minimum absolute atomic E-state index is 0.287. The molecule has 0 aromatic rings. The third-order valence-corrected chi connectivity index (χ3v) is 3.08. The number of β-amino-alcohol motifs (C(OH)–C–C–N with tert-alkyl or cyclic N) is 1. The lowest BCUT2D eigenvalue weighted by Crippen LogP contribution is -2.38. The molecule has 1 heterocycles. The van der Waals surface area contributed by atoms with Crippen LogP contribution in [0.5, 0.6) is 0 Å². The number of rotatable bonds is 3. The van der Waals surface area contributed by atoms with E-state index in [2.05, 4.69) is 0 Å². The normalized spacial score (nSPS) is 35.2. The molecule has 3 N–H and O–H groups in total.